The van der Waals surface area contributed by atoms with E-state index in [0.717, 1.165) is 102 Å². The van der Waals surface area contributed by atoms with Gasteiger partial charge < -0.3 is 13.7 Å². The summed E-state index contributed by atoms with van der Waals surface area (Å²) < 4.78 is 21.2. The van der Waals surface area contributed by atoms with Crippen molar-refractivity contribution in [3.8, 4) is 47.4 Å². The molecule has 0 aliphatic rings. The van der Waals surface area contributed by atoms with Gasteiger partial charge in [0, 0.05) is 85.7 Å². The molecule has 14 heteroatoms. The summed E-state index contributed by atoms with van der Waals surface area (Å²) >= 11 is 9.59. The fourth-order valence-electron chi connectivity index (χ4n) is 10.4. The van der Waals surface area contributed by atoms with Crippen LogP contribution in [0.2, 0.25) is 0 Å². The van der Waals surface area contributed by atoms with Crippen LogP contribution < -0.4 is 0 Å². The third kappa shape index (κ3) is 9.40. The van der Waals surface area contributed by atoms with Crippen molar-refractivity contribution in [3.05, 3.63) is 235 Å². The van der Waals surface area contributed by atoms with E-state index in [-0.39, 0.29) is 0 Å². The summed E-state index contributed by atoms with van der Waals surface area (Å²) in [7, 11) is -1.47. The van der Waals surface area contributed by atoms with Crippen molar-refractivity contribution in [2.45, 2.75) is 36.3 Å². The molecule has 0 saturated carbocycles. The number of fused-ring (bicyclic) bond motifs is 12. The van der Waals surface area contributed by atoms with Crippen LogP contribution in [0.1, 0.15) is 29.2 Å². The number of aromatic nitrogens is 3. The van der Waals surface area contributed by atoms with Crippen LogP contribution in [0.25, 0.3) is 82.5 Å². The maximum atomic E-state index is 14.0. The van der Waals surface area contributed by atoms with Gasteiger partial charge in [-0.3, -0.25) is 0 Å². The maximum absolute atomic E-state index is 14.0. The second-order valence-electron chi connectivity index (χ2n) is 18.1. The normalized spacial score (nSPS) is 11.2. The van der Waals surface area contributed by atoms with Crippen molar-refractivity contribution in [1.29, 1.82) is 26.3 Å². The first kappa shape index (κ1) is 52.6. The van der Waals surface area contributed by atoms with Crippen LogP contribution in [0.4, 0.5) is 0 Å². The highest BCUT2D eigenvalue weighted by Crippen LogP contribution is 2.50. The molecule has 0 amide bonds. The molecule has 0 fully saturated rings. The van der Waals surface area contributed by atoms with Crippen LogP contribution in [-0.4, -0.2) is 17.9 Å². The molecule has 0 N–H and O–H groups in total. The van der Waals surface area contributed by atoms with Crippen LogP contribution in [-0.2, 0) is 10.8 Å². The number of nitriles is 5. The largest absolute Gasteiger partial charge is 0.308 e. The molecule has 13 rings (SSSR count). The summed E-state index contributed by atoms with van der Waals surface area (Å²) in [5, 5.41) is 52.2. The van der Waals surface area contributed by atoms with Crippen LogP contribution >= 0.6 is 46.8 Å². The van der Waals surface area contributed by atoms with Gasteiger partial charge in [0.05, 0.1) is 90.4 Å². The summed E-state index contributed by atoms with van der Waals surface area (Å²) in [5.74, 6) is 0. The molecule has 13 aromatic rings. The molecule has 1 unspecified atom stereocenters. The quantitative estimate of drug-likeness (QED) is 0.107. The van der Waals surface area contributed by atoms with Crippen molar-refractivity contribution in [1.82, 2.24) is 13.7 Å². The Kier molecular flexibility index (Phi) is 15.1. The van der Waals surface area contributed by atoms with Crippen molar-refractivity contribution in [2.24, 2.45) is 0 Å². The fraction of sp³-hybridized carbons (Fsp3) is 0.0152. The zero-order chi connectivity index (χ0) is 55.4. The molecule has 0 aliphatic heterocycles. The van der Waals surface area contributed by atoms with Gasteiger partial charge in [-0.1, -0.05) is 78.1 Å². The number of thiol groups is 2. The molecule has 9 nitrogen and oxygen atoms in total. The molecule has 1 atom stereocenters. The smallest absolute Gasteiger partial charge is 0.100 e. The lowest BCUT2D eigenvalue weighted by molar-refractivity contribution is 0.683. The molecule has 380 valence electrons. The molecule has 0 aliphatic carbocycles. The summed E-state index contributed by atoms with van der Waals surface area (Å²) in [6, 6.07) is 81.3. The van der Waals surface area contributed by atoms with Gasteiger partial charge in [0.25, 0.3) is 0 Å². The van der Waals surface area contributed by atoms with E-state index >= 15 is 0 Å². The van der Waals surface area contributed by atoms with Gasteiger partial charge in [-0.15, -0.1) is 23.3 Å². The van der Waals surface area contributed by atoms with E-state index in [1.165, 1.54) is 18.7 Å². The molecule has 0 bridgehead atoms. The number of nitrogens with zero attached hydrogens (tertiary/aromatic N) is 8. The number of hydrogen-bond acceptors (Lipinski definition) is 10. The highest BCUT2D eigenvalue weighted by molar-refractivity contribution is 8.59. The molecular weight excluding hydrogens is 1080 g/mol. The summed E-state index contributed by atoms with van der Waals surface area (Å²) in [4.78, 5) is 5.12. The van der Waals surface area contributed by atoms with Gasteiger partial charge in [0.1, 0.15) is 6.07 Å². The zero-order valence-electron chi connectivity index (χ0n) is 42.3. The average molecular weight is 1120 g/mol. The second-order valence-corrected chi connectivity index (χ2v) is 21.9. The molecule has 3 aromatic heterocycles. The standard InChI is InChI=1S/C64H35N7OS3.C2H3N.H2S2/c65-36-40-13-24-47(25-14-40)73-48-26-18-44(19-27-48)69-55-10-4-1-7-52(55)59-62(69)61-54-9-3-6-12-57(54)71(46-22-32-51(33-23-46)75(72)50-30-15-41(37-66)16-31-50)64(61)60-53-8-2-5-11-56(53)70(63(59)60)45-20-28-49(29-21-45)74-58-34-17-42(38-67)35-43(58)39-68;1-2-3;1-2/h1-35H;1H3;1-2H. The Balaban J connectivity index is 0.00000131. The van der Waals surface area contributed by atoms with Crippen LogP contribution in [0, 0.1) is 56.7 Å². The maximum Gasteiger partial charge on any atom is 0.100 e. The van der Waals surface area contributed by atoms with Crippen molar-refractivity contribution < 1.29 is 4.21 Å². The molecule has 80 heavy (non-hydrogen) atoms. The first-order chi connectivity index (χ1) is 39.3. The molecule has 0 spiro atoms. The van der Waals surface area contributed by atoms with E-state index in [4.69, 9.17) is 5.26 Å². The fourth-order valence-corrected chi connectivity index (χ4v) is 13.2. The summed E-state index contributed by atoms with van der Waals surface area (Å²) in [6.07, 6.45) is 0. The Hall–Kier alpha value is -9.40. The van der Waals surface area contributed by atoms with Gasteiger partial charge in [-0.05, 0) is 158 Å². The lowest BCUT2D eigenvalue weighted by atomic mass is 10.0. The molecule has 10 aromatic carbocycles. The number of para-hydroxylation sites is 3. The van der Waals surface area contributed by atoms with Crippen molar-refractivity contribution >= 4 is 123 Å². The highest BCUT2D eigenvalue weighted by Gasteiger charge is 2.29. The van der Waals surface area contributed by atoms with E-state index in [9.17, 15) is 25.3 Å². The number of hydrogen-bond donors (Lipinski definition) is 2. The van der Waals surface area contributed by atoms with Crippen LogP contribution in [0.5, 0.6) is 0 Å². The van der Waals surface area contributed by atoms with E-state index < -0.39 is 10.8 Å². The van der Waals surface area contributed by atoms with Gasteiger partial charge in [-0.2, -0.15) is 26.3 Å². The Morgan fingerprint density at radius 3 is 1.11 bits per heavy atom. The van der Waals surface area contributed by atoms with Gasteiger partial charge in [-0.25, -0.2) is 4.21 Å². The third-order valence-electron chi connectivity index (χ3n) is 13.7. The van der Waals surface area contributed by atoms with Gasteiger partial charge in [0.15, 0.2) is 0 Å². The molecule has 0 saturated heterocycles. The minimum atomic E-state index is -1.47. The van der Waals surface area contributed by atoms with Gasteiger partial charge >= 0.3 is 0 Å². The minimum absolute atomic E-state index is 0.447. The molecule has 3 heterocycles. The zero-order valence-corrected chi connectivity index (χ0v) is 46.6. The Morgan fingerprint density at radius 2 is 0.725 bits per heavy atom. The predicted molar refractivity (Wildman–Crippen MR) is 330 cm³/mol. The minimum Gasteiger partial charge on any atom is -0.308 e. The number of benzene rings is 10. The number of rotatable bonds is 9. The predicted octanol–water partition coefficient (Wildman–Crippen LogP) is 17.2. The van der Waals surface area contributed by atoms with E-state index in [0.29, 0.717) is 32.0 Å². The van der Waals surface area contributed by atoms with Crippen LogP contribution in [0.15, 0.2) is 242 Å². The Labute approximate surface area is 482 Å². The topological polar surface area (TPSA) is 151 Å². The Bertz CT molecular complexity index is 4800. The lowest BCUT2D eigenvalue weighted by Gasteiger charge is -2.14. The average Bonchev–Trinajstić information content (AvgIpc) is 4.38. The lowest BCUT2D eigenvalue weighted by Crippen LogP contribution is -1.99. The Morgan fingerprint density at radius 1 is 0.400 bits per heavy atom. The SMILES string of the molecule is CC#N.N#Cc1ccc(Sc2ccc(-n3c4ccccc4c4c3c3c5ccccc5n(-c5ccc(S(=O)c6ccc(C#N)cc6)cc5)c3c3c5ccccc5n(-c5ccc(Sc6ccc(C#N)cc6C#N)cc5)c43)cc2)cc1.SS. The van der Waals surface area contributed by atoms with Gasteiger partial charge in [0.2, 0.25) is 0 Å². The third-order valence-corrected chi connectivity index (χ3v) is 17.2. The van der Waals surface area contributed by atoms with E-state index in [1.807, 2.05) is 42.5 Å². The monoisotopic (exact) mass is 1120 g/mol. The summed E-state index contributed by atoms with van der Waals surface area (Å²) in [5.41, 5.74) is 11.2. The van der Waals surface area contributed by atoms with E-state index in [2.05, 4.69) is 195 Å². The van der Waals surface area contributed by atoms with Crippen molar-refractivity contribution in [3.63, 3.8) is 0 Å². The van der Waals surface area contributed by atoms with Crippen molar-refractivity contribution in [2.75, 3.05) is 0 Å². The highest BCUT2D eigenvalue weighted by atomic mass is 33.1. The molecular formula is C66H40N8OS5. The first-order valence-corrected chi connectivity index (χ1v) is 29.2. The first-order valence-electron chi connectivity index (χ1n) is 24.8. The van der Waals surface area contributed by atoms with E-state index in [1.54, 1.807) is 54.2 Å². The molecule has 0 radical (unpaired) electrons. The summed E-state index contributed by atoms with van der Waals surface area (Å²) in [6.45, 7) is 1.43. The van der Waals surface area contributed by atoms with Crippen LogP contribution in [0.3, 0.4) is 0 Å². The second kappa shape index (κ2) is 22.9.